The molecule has 3 aliphatic rings. The fourth-order valence-corrected chi connectivity index (χ4v) is 4.69. The second-order valence-electron chi connectivity index (χ2n) is 7.57. The van der Waals surface area contributed by atoms with Crippen molar-refractivity contribution in [3.05, 3.63) is 10.8 Å². The lowest BCUT2D eigenvalue weighted by molar-refractivity contribution is 0.150. The number of nitrogens with zero attached hydrogens (tertiary/aromatic N) is 7. The number of rotatable bonds is 3. The van der Waals surface area contributed by atoms with Gasteiger partial charge in [-0.2, -0.15) is 10.2 Å². The molecule has 1 saturated carbocycles. The average Bonchev–Trinajstić information content (AvgIpc) is 3.10. The molecule has 3 heterocycles. The number of carbonyl (C=O) groups excluding carboxylic acids is 1. The van der Waals surface area contributed by atoms with E-state index in [1.807, 2.05) is 15.9 Å². The number of hydrogen-bond acceptors (Lipinski definition) is 6. The van der Waals surface area contributed by atoms with Crippen LogP contribution in [0.15, 0.2) is 0 Å². The number of urea groups is 1. The van der Waals surface area contributed by atoms with E-state index in [1.54, 1.807) is 0 Å². The Kier molecular flexibility index (Phi) is 5.30. The predicted molar refractivity (Wildman–Crippen MR) is 100 cm³/mol. The van der Waals surface area contributed by atoms with Gasteiger partial charge in [0, 0.05) is 32.2 Å². The fourth-order valence-electron chi connectivity index (χ4n) is 4.53. The lowest BCUT2D eigenvalue weighted by Gasteiger charge is -2.38. The molecular formula is C18H24ClN7O. The van der Waals surface area contributed by atoms with Gasteiger partial charge in [0.25, 0.3) is 0 Å². The molecule has 2 aliphatic heterocycles. The van der Waals surface area contributed by atoms with E-state index in [0.717, 1.165) is 45.3 Å². The highest BCUT2D eigenvalue weighted by molar-refractivity contribution is 6.30. The first-order valence-corrected chi connectivity index (χ1v) is 10.2. The lowest BCUT2D eigenvalue weighted by Crippen LogP contribution is -2.50. The van der Waals surface area contributed by atoms with Crippen LogP contribution in [-0.4, -0.2) is 69.3 Å². The van der Waals surface area contributed by atoms with Crippen molar-refractivity contribution >= 4 is 23.6 Å². The van der Waals surface area contributed by atoms with Gasteiger partial charge >= 0.3 is 6.03 Å². The molecule has 1 atom stereocenters. The Labute approximate surface area is 164 Å². The average molecular weight is 390 g/mol. The van der Waals surface area contributed by atoms with E-state index in [0.29, 0.717) is 18.5 Å². The van der Waals surface area contributed by atoms with Crippen LogP contribution in [0.2, 0.25) is 5.15 Å². The van der Waals surface area contributed by atoms with Gasteiger partial charge in [0.05, 0.1) is 6.04 Å². The topological polar surface area (TPSA) is 89.3 Å². The minimum Gasteiger partial charge on any atom is -0.337 e. The van der Waals surface area contributed by atoms with Gasteiger partial charge < -0.3 is 14.7 Å². The molecule has 1 aromatic heterocycles. The number of amides is 2. The summed E-state index contributed by atoms with van der Waals surface area (Å²) in [6, 6.07) is 2.63. The Balaban J connectivity index is 1.43. The highest BCUT2D eigenvalue weighted by atomic mass is 35.5. The van der Waals surface area contributed by atoms with Crippen LogP contribution in [0, 0.1) is 11.3 Å². The molecule has 0 spiro atoms. The van der Waals surface area contributed by atoms with E-state index >= 15 is 0 Å². The third-order valence-electron chi connectivity index (χ3n) is 5.95. The molecule has 8 nitrogen and oxygen atoms in total. The van der Waals surface area contributed by atoms with Gasteiger partial charge in [0.1, 0.15) is 6.07 Å². The number of aromatic nitrogens is 3. The van der Waals surface area contributed by atoms with Crippen molar-refractivity contribution in [3.8, 4) is 6.07 Å². The fraction of sp³-hybridized carbons (Fsp3) is 0.722. The van der Waals surface area contributed by atoms with Crippen LogP contribution < -0.4 is 4.90 Å². The molecule has 1 aliphatic carbocycles. The van der Waals surface area contributed by atoms with Crippen LogP contribution in [0.5, 0.6) is 0 Å². The zero-order valence-electron chi connectivity index (χ0n) is 15.3. The quantitative estimate of drug-likeness (QED) is 0.788. The summed E-state index contributed by atoms with van der Waals surface area (Å²) >= 11 is 6.01. The molecule has 0 aromatic carbocycles. The minimum atomic E-state index is 0.0341. The van der Waals surface area contributed by atoms with Crippen molar-refractivity contribution in [2.24, 2.45) is 0 Å². The number of carbonyl (C=O) groups is 1. The summed E-state index contributed by atoms with van der Waals surface area (Å²) in [5.74, 6) is 0.430. The second kappa shape index (κ2) is 7.85. The van der Waals surface area contributed by atoms with E-state index in [2.05, 4.69) is 20.1 Å². The Bertz CT molecular complexity index is 746. The highest BCUT2D eigenvalue weighted by Gasteiger charge is 2.39. The molecule has 1 unspecified atom stereocenters. The van der Waals surface area contributed by atoms with E-state index in [-0.39, 0.29) is 22.9 Å². The number of nitriles is 1. The van der Waals surface area contributed by atoms with Gasteiger partial charge in [-0.3, -0.25) is 0 Å². The van der Waals surface area contributed by atoms with Crippen molar-refractivity contribution < 1.29 is 4.79 Å². The summed E-state index contributed by atoms with van der Waals surface area (Å²) in [6.07, 6.45) is 7.97. The monoisotopic (exact) mass is 389 g/mol. The van der Waals surface area contributed by atoms with Crippen molar-refractivity contribution in [1.82, 2.24) is 25.0 Å². The van der Waals surface area contributed by atoms with E-state index in [4.69, 9.17) is 16.9 Å². The first kappa shape index (κ1) is 18.2. The number of piperidine rings is 1. The first-order valence-electron chi connectivity index (χ1n) is 9.80. The standard InChI is InChI=1S/C18H24ClN7O/c19-16-15(11-20)22-23-17(21-16)24-8-4-7-14(12-24)26-10-9-25(18(26)27)13-5-2-1-3-6-13/h13-14H,1-10,12H2. The van der Waals surface area contributed by atoms with Crippen molar-refractivity contribution in [1.29, 1.82) is 5.26 Å². The summed E-state index contributed by atoms with van der Waals surface area (Å²) in [7, 11) is 0. The number of halogens is 1. The highest BCUT2D eigenvalue weighted by Crippen LogP contribution is 2.29. The van der Waals surface area contributed by atoms with Gasteiger partial charge in [-0.1, -0.05) is 30.9 Å². The Morgan fingerprint density at radius 3 is 2.37 bits per heavy atom. The molecule has 9 heteroatoms. The van der Waals surface area contributed by atoms with Gasteiger partial charge in [0.15, 0.2) is 10.8 Å². The summed E-state index contributed by atoms with van der Waals surface area (Å²) in [6.45, 7) is 3.10. The van der Waals surface area contributed by atoms with Crippen molar-refractivity contribution in [2.45, 2.75) is 57.0 Å². The number of anilines is 1. The Morgan fingerprint density at radius 2 is 1.67 bits per heavy atom. The van der Waals surface area contributed by atoms with Crippen LogP contribution in [0.1, 0.15) is 50.6 Å². The van der Waals surface area contributed by atoms with Crippen LogP contribution in [-0.2, 0) is 0 Å². The normalized spacial score (nSPS) is 24.4. The Hall–Kier alpha value is -2.14. The van der Waals surface area contributed by atoms with Gasteiger partial charge in [-0.25, -0.2) is 4.79 Å². The first-order chi connectivity index (χ1) is 13.2. The smallest absolute Gasteiger partial charge is 0.320 e. The second-order valence-corrected chi connectivity index (χ2v) is 7.92. The summed E-state index contributed by atoms with van der Waals surface area (Å²) < 4.78 is 0. The summed E-state index contributed by atoms with van der Waals surface area (Å²) in [5, 5.41) is 16.9. The van der Waals surface area contributed by atoms with Crippen molar-refractivity contribution in [2.75, 3.05) is 31.1 Å². The number of hydrogen-bond donors (Lipinski definition) is 0. The predicted octanol–water partition coefficient (Wildman–Crippen LogP) is 2.44. The molecule has 2 saturated heterocycles. The molecule has 144 valence electrons. The lowest BCUT2D eigenvalue weighted by atomic mass is 9.94. The molecule has 2 amide bonds. The molecular weight excluding hydrogens is 366 g/mol. The van der Waals surface area contributed by atoms with Gasteiger partial charge in [-0.15, -0.1) is 10.2 Å². The maximum Gasteiger partial charge on any atom is 0.320 e. The summed E-state index contributed by atoms with van der Waals surface area (Å²) in [4.78, 5) is 23.4. The van der Waals surface area contributed by atoms with E-state index in [1.165, 1.54) is 19.3 Å². The van der Waals surface area contributed by atoms with Crippen LogP contribution in [0.3, 0.4) is 0 Å². The maximum absolute atomic E-state index is 13.0. The molecule has 1 aromatic rings. The van der Waals surface area contributed by atoms with Gasteiger partial charge in [-0.05, 0) is 25.7 Å². The maximum atomic E-state index is 13.0. The molecule has 4 rings (SSSR count). The van der Waals surface area contributed by atoms with E-state index < -0.39 is 0 Å². The van der Waals surface area contributed by atoms with Crippen LogP contribution >= 0.6 is 11.6 Å². The van der Waals surface area contributed by atoms with Gasteiger partial charge in [0.2, 0.25) is 5.95 Å². The van der Waals surface area contributed by atoms with Crippen LogP contribution in [0.25, 0.3) is 0 Å². The zero-order valence-corrected chi connectivity index (χ0v) is 16.1. The minimum absolute atomic E-state index is 0.0341. The molecule has 0 bridgehead atoms. The third-order valence-corrected chi connectivity index (χ3v) is 6.21. The third kappa shape index (κ3) is 3.65. The largest absolute Gasteiger partial charge is 0.337 e. The van der Waals surface area contributed by atoms with Crippen molar-refractivity contribution in [3.63, 3.8) is 0 Å². The summed E-state index contributed by atoms with van der Waals surface area (Å²) in [5.41, 5.74) is 0.0341. The van der Waals surface area contributed by atoms with Crippen LogP contribution in [0.4, 0.5) is 10.7 Å². The van der Waals surface area contributed by atoms with E-state index in [9.17, 15) is 4.79 Å². The molecule has 3 fully saturated rings. The SMILES string of the molecule is N#Cc1nnc(N2CCCC(N3CCN(C4CCCCC4)C3=O)C2)nc1Cl. The molecule has 0 radical (unpaired) electrons. The Morgan fingerprint density at radius 1 is 0.963 bits per heavy atom. The molecule has 0 N–H and O–H groups in total. The zero-order chi connectivity index (χ0) is 18.8. The molecule has 27 heavy (non-hydrogen) atoms.